The first-order valence-electron chi connectivity index (χ1n) is 5.33. The van der Waals surface area contributed by atoms with Gasteiger partial charge in [-0.1, -0.05) is 30.3 Å². The lowest BCUT2D eigenvalue weighted by molar-refractivity contribution is -0.153. The zero-order valence-electron chi connectivity index (χ0n) is 9.55. The number of carbonyl (C=O) groups excluding carboxylic acids is 2. The SMILES string of the molecule is CC(C)OC(=O)C(C=O)Cc1ccccc1. The quantitative estimate of drug-likeness (QED) is 0.433. The summed E-state index contributed by atoms with van der Waals surface area (Å²) in [6.07, 6.45) is 0.860. The topological polar surface area (TPSA) is 43.4 Å². The third-order valence-corrected chi connectivity index (χ3v) is 2.12. The van der Waals surface area contributed by atoms with Crippen LogP contribution in [0.15, 0.2) is 30.3 Å². The van der Waals surface area contributed by atoms with Crippen LogP contribution in [0.3, 0.4) is 0 Å². The predicted molar refractivity (Wildman–Crippen MR) is 60.9 cm³/mol. The molecule has 0 aliphatic carbocycles. The minimum atomic E-state index is -0.704. The van der Waals surface area contributed by atoms with Crippen molar-refractivity contribution in [1.82, 2.24) is 0 Å². The summed E-state index contributed by atoms with van der Waals surface area (Å²) < 4.78 is 5.01. The number of esters is 1. The maximum atomic E-state index is 11.5. The van der Waals surface area contributed by atoms with E-state index in [1.54, 1.807) is 13.8 Å². The van der Waals surface area contributed by atoms with Gasteiger partial charge in [0.15, 0.2) is 0 Å². The first-order valence-corrected chi connectivity index (χ1v) is 5.33. The second-order valence-corrected chi connectivity index (χ2v) is 3.92. The summed E-state index contributed by atoms with van der Waals surface area (Å²) in [4.78, 5) is 22.4. The standard InChI is InChI=1S/C13H16O3/c1-10(2)16-13(15)12(9-14)8-11-6-4-3-5-7-11/h3-7,9-10,12H,8H2,1-2H3. The van der Waals surface area contributed by atoms with Crippen LogP contribution in [0.4, 0.5) is 0 Å². The molecule has 0 heterocycles. The minimum absolute atomic E-state index is 0.189. The number of aldehydes is 1. The van der Waals surface area contributed by atoms with Gasteiger partial charge in [-0.2, -0.15) is 0 Å². The van der Waals surface area contributed by atoms with Crippen LogP contribution in [0, 0.1) is 5.92 Å². The molecular formula is C13H16O3. The highest BCUT2D eigenvalue weighted by Crippen LogP contribution is 2.09. The van der Waals surface area contributed by atoms with Gasteiger partial charge in [-0.25, -0.2) is 0 Å². The van der Waals surface area contributed by atoms with Crippen molar-refractivity contribution < 1.29 is 14.3 Å². The Kier molecular flexibility index (Phi) is 4.70. The molecule has 0 aliphatic rings. The lowest BCUT2D eigenvalue weighted by atomic mass is 10.0. The van der Waals surface area contributed by atoms with Gasteiger partial charge in [0.1, 0.15) is 12.2 Å². The molecule has 0 aromatic heterocycles. The van der Waals surface area contributed by atoms with Gasteiger partial charge in [-0.3, -0.25) is 4.79 Å². The fourth-order valence-corrected chi connectivity index (χ4v) is 1.37. The second-order valence-electron chi connectivity index (χ2n) is 3.92. The zero-order valence-corrected chi connectivity index (χ0v) is 9.55. The number of ether oxygens (including phenoxy) is 1. The molecule has 0 spiro atoms. The van der Waals surface area contributed by atoms with Crippen LogP contribution in [0.2, 0.25) is 0 Å². The Morgan fingerprint density at radius 1 is 1.31 bits per heavy atom. The molecule has 3 nitrogen and oxygen atoms in total. The van der Waals surface area contributed by atoms with Crippen molar-refractivity contribution in [3.63, 3.8) is 0 Å². The van der Waals surface area contributed by atoms with Gasteiger partial charge in [0.2, 0.25) is 0 Å². The van der Waals surface area contributed by atoms with E-state index >= 15 is 0 Å². The van der Waals surface area contributed by atoms with Gasteiger partial charge in [0, 0.05) is 0 Å². The highest BCUT2D eigenvalue weighted by Gasteiger charge is 2.20. The van der Waals surface area contributed by atoms with Crippen molar-refractivity contribution in [2.24, 2.45) is 5.92 Å². The van der Waals surface area contributed by atoms with E-state index in [0.717, 1.165) is 5.56 Å². The molecular weight excluding hydrogens is 204 g/mol. The molecule has 0 fully saturated rings. The van der Waals surface area contributed by atoms with E-state index in [1.807, 2.05) is 30.3 Å². The van der Waals surface area contributed by atoms with Gasteiger partial charge in [-0.15, -0.1) is 0 Å². The van der Waals surface area contributed by atoms with Crippen LogP contribution < -0.4 is 0 Å². The van der Waals surface area contributed by atoms with Gasteiger partial charge < -0.3 is 9.53 Å². The first-order chi connectivity index (χ1) is 7.63. The Balaban J connectivity index is 2.62. The van der Waals surface area contributed by atoms with Crippen molar-refractivity contribution in [2.75, 3.05) is 0 Å². The molecule has 0 saturated carbocycles. The fourth-order valence-electron chi connectivity index (χ4n) is 1.37. The van der Waals surface area contributed by atoms with E-state index in [9.17, 15) is 9.59 Å². The molecule has 16 heavy (non-hydrogen) atoms. The monoisotopic (exact) mass is 220 g/mol. The molecule has 1 atom stereocenters. The van der Waals surface area contributed by atoms with E-state index in [1.165, 1.54) is 0 Å². The predicted octanol–water partition coefficient (Wildman–Crippen LogP) is 2.00. The average Bonchev–Trinajstić information content (AvgIpc) is 2.26. The highest BCUT2D eigenvalue weighted by atomic mass is 16.5. The van der Waals surface area contributed by atoms with Crippen molar-refractivity contribution >= 4 is 12.3 Å². The number of rotatable bonds is 5. The smallest absolute Gasteiger partial charge is 0.316 e. The lowest BCUT2D eigenvalue weighted by Crippen LogP contribution is -2.24. The minimum Gasteiger partial charge on any atom is -0.462 e. The van der Waals surface area contributed by atoms with E-state index in [-0.39, 0.29) is 6.10 Å². The summed E-state index contributed by atoms with van der Waals surface area (Å²) in [5, 5.41) is 0. The number of benzene rings is 1. The Morgan fingerprint density at radius 2 is 1.94 bits per heavy atom. The van der Waals surface area contributed by atoms with E-state index in [2.05, 4.69) is 0 Å². The van der Waals surface area contributed by atoms with Gasteiger partial charge in [-0.05, 0) is 25.8 Å². The molecule has 1 rings (SSSR count). The zero-order chi connectivity index (χ0) is 12.0. The normalized spacial score (nSPS) is 12.2. The second kappa shape index (κ2) is 6.05. The third-order valence-electron chi connectivity index (χ3n) is 2.12. The van der Waals surface area contributed by atoms with E-state index < -0.39 is 11.9 Å². The summed E-state index contributed by atoms with van der Waals surface area (Å²) in [5.41, 5.74) is 0.959. The van der Waals surface area contributed by atoms with Crippen molar-refractivity contribution in [2.45, 2.75) is 26.4 Å². The van der Waals surface area contributed by atoms with Crippen molar-refractivity contribution in [3.05, 3.63) is 35.9 Å². The molecule has 1 aromatic rings. The summed E-state index contributed by atoms with van der Waals surface area (Å²) in [5.74, 6) is -1.15. The molecule has 0 N–H and O–H groups in total. The molecule has 1 aromatic carbocycles. The largest absolute Gasteiger partial charge is 0.462 e. The summed E-state index contributed by atoms with van der Waals surface area (Å²) >= 11 is 0. The Labute approximate surface area is 95.4 Å². The Hall–Kier alpha value is -1.64. The Bertz CT molecular complexity index is 343. The molecule has 86 valence electrons. The Morgan fingerprint density at radius 3 is 2.44 bits per heavy atom. The molecule has 3 heteroatoms. The summed E-state index contributed by atoms with van der Waals surface area (Å²) in [7, 11) is 0. The number of hydrogen-bond donors (Lipinski definition) is 0. The lowest BCUT2D eigenvalue weighted by Gasteiger charge is -2.12. The van der Waals surface area contributed by atoms with Crippen LogP contribution in [0.1, 0.15) is 19.4 Å². The first kappa shape index (κ1) is 12.4. The molecule has 0 amide bonds. The van der Waals surface area contributed by atoms with Gasteiger partial charge in [0.05, 0.1) is 6.10 Å². The van der Waals surface area contributed by atoms with Crippen LogP contribution >= 0.6 is 0 Å². The van der Waals surface area contributed by atoms with E-state index in [0.29, 0.717) is 12.7 Å². The van der Waals surface area contributed by atoms with Crippen LogP contribution in [0.25, 0.3) is 0 Å². The summed E-state index contributed by atoms with van der Waals surface area (Å²) in [6.45, 7) is 3.53. The van der Waals surface area contributed by atoms with Crippen LogP contribution in [-0.4, -0.2) is 18.4 Å². The molecule has 0 bridgehead atoms. The van der Waals surface area contributed by atoms with Crippen LogP contribution in [-0.2, 0) is 20.7 Å². The average molecular weight is 220 g/mol. The maximum absolute atomic E-state index is 11.5. The van der Waals surface area contributed by atoms with E-state index in [4.69, 9.17) is 4.74 Å². The molecule has 1 unspecified atom stereocenters. The van der Waals surface area contributed by atoms with Crippen LogP contribution in [0.5, 0.6) is 0 Å². The van der Waals surface area contributed by atoms with Crippen molar-refractivity contribution in [1.29, 1.82) is 0 Å². The van der Waals surface area contributed by atoms with Crippen molar-refractivity contribution in [3.8, 4) is 0 Å². The number of carbonyl (C=O) groups is 2. The van der Waals surface area contributed by atoms with Gasteiger partial charge >= 0.3 is 5.97 Å². The fraction of sp³-hybridized carbons (Fsp3) is 0.385. The highest BCUT2D eigenvalue weighted by molar-refractivity contribution is 5.88. The molecule has 0 radical (unpaired) electrons. The molecule has 0 saturated heterocycles. The maximum Gasteiger partial charge on any atom is 0.316 e. The third kappa shape index (κ3) is 3.85. The van der Waals surface area contributed by atoms with Gasteiger partial charge in [0.25, 0.3) is 0 Å². The molecule has 0 aliphatic heterocycles. The number of hydrogen-bond acceptors (Lipinski definition) is 3. The summed E-state index contributed by atoms with van der Waals surface area (Å²) in [6, 6.07) is 9.43.